The summed E-state index contributed by atoms with van der Waals surface area (Å²) in [5.41, 5.74) is 2.07. The lowest BCUT2D eigenvalue weighted by Crippen LogP contribution is -2.30. The van der Waals surface area contributed by atoms with Crippen LogP contribution in [0.5, 0.6) is 0 Å². The second kappa shape index (κ2) is 5.70. The summed E-state index contributed by atoms with van der Waals surface area (Å²) in [6, 6.07) is 8.15. The fraction of sp³-hybridized carbons (Fsp3) is 0.438. The third-order valence-electron chi connectivity index (χ3n) is 4.23. The minimum Gasteiger partial charge on any atom is -0.317 e. The maximum Gasteiger partial charge on any atom is 0.254 e. The van der Waals surface area contributed by atoms with E-state index < -0.39 is 0 Å². The quantitative estimate of drug-likeness (QED) is 0.916. The zero-order valence-electron chi connectivity index (χ0n) is 11.7. The van der Waals surface area contributed by atoms with E-state index in [2.05, 4.69) is 33.4 Å². The Kier molecular flexibility index (Phi) is 3.94. The highest BCUT2D eigenvalue weighted by atomic mass is 79.9. The van der Waals surface area contributed by atoms with Crippen LogP contribution in [0.2, 0.25) is 0 Å². The third kappa shape index (κ3) is 2.54. The maximum atomic E-state index is 12.5. The molecule has 1 fully saturated rings. The Labute approximate surface area is 127 Å². The molecule has 0 saturated carbocycles. The molecule has 3 rings (SSSR count). The molecule has 1 aliphatic heterocycles. The normalized spacial score (nSPS) is 16.7. The van der Waals surface area contributed by atoms with E-state index in [-0.39, 0.29) is 5.56 Å². The first-order valence-electron chi connectivity index (χ1n) is 7.14. The number of halogens is 1. The summed E-state index contributed by atoms with van der Waals surface area (Å²) < 4.78 is 2.75. The molecule has 0 spiro atoms. The van der Waals surface area contributed by atoms with Crippen molar-refractivity contribution in [3.63, 3.8) is 0 Å². The zero-order chi connectivity index (χ0) is 14.1. The highest BCUT2D eigenvalue weighted by Gasteiger charge is 2.17. The van der Waals surface area contributed by atoms with Crippen LogP contribution in [0.4, 0.5) is 0 Å². The lowest BCUT2D eigenvalue weighted by molar-refractivity contribution is 0.371. The number of hydrogen-bond donors (Lipinski definition) is 1. The molecule has 2 aromatic rings. The van der Waals surface area contributed by atoms with Gasteiger partial charge in [-0.15, -0.1) is 0 Å². The largest absolute Gasteiger partial charge is 0.317 e. The summed E-state index contributed by atoms with van der Waals surface area (Å²) >= 11 is 3.54. The zero-order valence-corrected chi connectivity index (χ0v) is 13.2. The van der Waals surface area contributed by atoms with Gasteiger partial charge in [-0.3, -0.25) is 4.79 Å². The van der Waals surface area contributed by atoms with Crippen molar-refractivity contribution in [2.75, 3.05) is 13.1 Å². The number of hydrogen-bond acceptors (Lipinski definition) is 2. The van der Waals surface area contributed by atoms with Gasteiger partial charge in [-0.05, 0) is 71.7 Å². The van der Waals surface area contributed by atoms with Crippen LogP contribution in [0.1, 0.15) is 18.4 Å². The predicted molar refractivity (Wildman–Crippen MR) is 86.2 cm³/mol. The van der Waals surface area contributed by atoms with Gasteiger partial charge in [0.2, 0.25) is 0 Å². The first-order valence-corrected chi connectivity index (χ1v) is 7.94. The summed E-state index contributed by atoms with van der Waals surface area (Å²) in [6.07, 6.45) is 3.23. The topological polar surface area (TPSA) is 34.0 Å². The fourth-order valence-corrected chi connectivity index (χ4v) is 3.76. The molecule has 3 nitrogen and oxygen atoms in total. The minimum absolute atomic E-state index is 0.142. The van der Waals surface area contributed by atoms with Gasteiger partial charge < -0.3 is 9.88 Å². The number of nitrogens with one attached hydrogen (secondary N) is 1. The molecule has 20 heavy (non-hydrogen) atoms. The van der Waals surface area contributed by atoms with E-state index in [1.54, 1.807) is 4.57 Å². The van der Waals surface area contributed by atoms with Crippen LogP contribution >= 0.6 is 15.9 Å². The van der Waals surface area contributed by atoms with E-state index in [9.17, 15) is 4.79 Å². The average Bonchev–Trinajstić information content (AvgIpc) is 2.45. The molecule has 0 unspecified atom stereocenters. The van der Waals surface area contributed by atoms with Crippen LogP contribution in [-0.4, -0.2) is 17.7 Å². The van der Waals surface area contributed by atoms with Crippen molar-refractivity contribution in [1.29, 1.82) is 0 Å². The standard InChI is InChI=1S/C16H19BrN2O/c1-19-15-12(3-2-4-14(15)17)10-13(16(19)20)9-11-5-7-18-8-6-11/h2-4,10-11,18H,5-9H2,1H3. The number of fused-ring (bicyclic) bond motifs is 1. The Morgan fingerprint density at radius 2 is 2.10 bits per heavy atom. The molecule has 0 radical (unpaired) electrons. The summed E-state index contributed by atoms with van der Waals surface area (Å²) in [6.45, 7) is 2.15. The van der Waals surface area contributed by atoms with Crippen molar-refractivity contribution >= 4 is 26.8 Å². The van der Waals surface area contributed by atoms with Gasteiger partial charge in [0.25, 0.3) is 5.56 Å². The molecular weight excluding hydrogens is 316 g/mol. The lowest BCUT2D eigenvalue weighted by atomic mass is 9.91. The summed E-state index contributed by atoms with van der Waals surface area (Å²) in [5, 5.41) is 4.50. The van der Waals surface area contributed by atoms with Crippen LogP contribution in [0.15, 0.2) is 33.5 Å². The van der Waals surface area contributed by atoms with Gasteiger partial charge in [-0.2, -0.15) is 0 Å². The Bertz CT molecular complexity index is 687. The number of aryl methyl sites for hydroxylation is 1. The number of nitrogens with zero attached hydrogens (tertiary/aromatic N) is 1. The molecule has 1 aromatic heterocycles. The highest BCUT2D eigenvalue weighted by molar-refractivity contribution is 9.10. The smallest absolute Gasteiger partial charge is 0.254 e. The highest BCUT2D eigenvalue weighted by Crippen LogP contribution is 2.24. The van der Waals surface area contributed by atoms with Gasteiger partial charge in [0.05, 0.1) is 5.52 Å². The molecule has 0 amide bonds. The molecule has 1 aliphatic rings. The Hall–Kier alpha value is -1.13. The summed E-state index contributed by atoms with van der Waals surface area (Å²) in [5.74, 6) is 0.633. The monoisotopic (exact) mass is 334 g/mol. The van der Waals surface area contributed by atoms with Gasteiger partial charge in [0.15, 0.2) is 0 Å². The van der Waals surface area contributed by atoms with E-state index in [4.69, 9.17) is 0 Å². The molecular formula is C16H19BrN2O. The average molecular weight is 335 g/mol. The van der Waals surface area contributed by atoms with Crippen LogP contribution in [0, 0.1) is 5.92 Å². The molecule has 1 aromatic carbocycles. The van der Waals surface area contributed by atoms with Crippen molar-refractivity contribution in [3.05, 3.63) is 44.7 Å². The SMILES string of the molecule is Cn1c(=O)c(CC2CCNCC2)cc2cccc(Br)c21. The predicted octanol–water partition coefficient (Wildman–Crippen LogP) is 2.84. The number of rotatable bonds is 2. The van der Waals surface area contributed by atoms with Crippen LogP contribution in [0.3, 0.4) is 0 Å². The lowest BCUT2D eigenvalue weighted by Gasteiger charge is -2.22. The van der Waals surface area contributed by atoms with Crippen molar-refractivity contribution in [1.82, 2.24) is 9.88 Å². The minimum atomic E-state index is 0.142. The van der Waals surface area contributed by atoms with Crippen molar-refractivity contribution in [2.24, 2.45) is 13.0 Å². The first-order chi connectivity index (χ1) is 9.66. The number of aromatic nitrogens is 1. The number of pyridine rings is 1. The summed E-state index contributed by atoms with van der Waals surface area (Å²) in [4.78, 5) is 12.5. The Balaban J connectivity index is 2.03. The molecule has 106 valence electrons. The van der Waals surface area contributed by atoms with Gasteiger partial charge >= 0.3 is 0 Å². The second-order valence-corrected chi connectivity index (χ2v) is 6.46. The van der Waals surface area contributed by atoms with E-state index in [1.165, 1.54) is 12.8 Å². The van der Waals surface area contributed by atoms with Gasteiger partial charge in [0.1, 0.15) is 0 Å². The van der Waals surface area contributed by atoms with E-state index >= 15 is 0 Å². The number of benzene rings is 1. The maximum absolute atomic E-state index is 12.5. The Morgan fingerprint density at radius 3 is 2.85 bits per heavy atom. The van der Waals surface area contributed by atoms with Crippen LogP contribution in [0.25, 0.3) is 10.9 Å². The molecule has 4 heteroatoms. The molecule has 2 heterocycles. The van der Waals surface area contributed by atoms with Gasteiger partial charge in [0, 0.05) is 17.1 Å². The molecule has 0 aliphatic carbocycles. The second-order valence-electron chi connectivity index (χ2n) is 5.61. The molecule has 1 N–H and O–H groups in total. The first kappa shape index (κ1) is 13.8. The van der Waals surface area contributed by atoms with E-state index in [1.807, 2.05) is 19.2 Å². The van der Waals surface area contributed by atoms with Crippen molar-refractivity contribution in [3.8, 4) is 0 Å². The molecule has 0 atom stereocenters. The number of para-hydroxylation sites is 1. The van der Waals surface area contributed by atoms with E-state index in [0.29, 0.717) is 5.92 Å². The van der Waals surface area contributed by atoms with Crippen molar-refractivity contribution < 1.29 is 0 Å². The Morgan fingerprint density at radius 1 is 1.35 bits per heavy atom. The van der Waals surface area contributed by atoms with Gasteiger partial charge in [-0.1, -0.05) is 12.1 Å². The van der Waals surface area contributed by atoms with Crippen molar-refractivity contribution in [2.45, 2.75) is 19.3 Å². The molecule has 1 saturated heterocycles. The van der Waals surface area contributed by atoms with E-state index in [0.717, 1.165) is 40.4 Å². The number of piperidine rings is 1. The third-order valence-corrected chi connectivity index (χ3v) is 4.87. The fourth-order valence-electron chi connectivity index (χ4n) is 3.11. The van der Waals surface area contributed by atoms with Crippen LogP contribution < -0.4 is 10.9 Å². The molecule has 0 bridgehead atoms. The summed E-state index contributed by atoms with van der Waals surface area (Å²) in [7, 11) is 1.86. The van der Waals surface area contributed by atoms with Gasteiger partial charge in [-0.25, -0.2) is 0 Å². The van der Waals surface area contributed by atoms with Crippen LogP contribution in [-0.2, 0) is 13.5 Å².